The molecule has 2 aliphatic carbocycles. The lowest BCUT2D eigenvalue weighted by molar-refractivity contribution is -0.299. The molecule has 11 heteroatoms. The summed E-state index contributed by atoms with van der Waals surface area (Å²) in [5, 5.41) is 39.7. The summed E-state index contributed by atoms with van der Waals surface area (Å²) < 4.78 is 22.3. The first-order valence-electron chi connectivity index (χ1n) is 11.6. The van der Waals surface area contributed by atoms with Crippen molar-refractivity contribution in [3.05, 3.63) is 47.1 Å². The molecule has 11 nitrogen and oxygen atoms in total. The average Bonchev–Trinajstić information content (AvgIpc) is 3.27. The molecule has 0 aromatic carbocycles. The van der Waals surface area contributed by atoms with E-state index < -0.39 is 73.3 Å². The van der Waals surface area contributed by atoms with Gasteiger partial charge in [-0.15, -0.1) is 0 Å². The van der Waals surface area contributed by atoms with Crippen molar-refractivity contribution >= 4 is 17.7 Å². The highest BCUT2D eigenvalue weighted by molar-refractivity contribution is 6.09. The Morgan fingerprint density at radius 1 is 1.19 bits per heavy atom. The number of carbonyl (C=O) groups is 3. The summed E-state index contributed by atoms with van der Waals surface area (Å²) in [5.41, 5.74) is 1.79. The van der Waals surface area contributed by atoms with Gasteiger partial charge in [-0.1, -0.05) is 18.7 Å². The third kappa shape index (κ3) is 4.47. The van der Waals surface area contributed by atoms with Crippen molar-refractivity contribution in [3.63, 3.8) is 0 Å². The number of ether oxygens (including phenoxy) is 4. The topological polar surface area (TPSA) is 169 Å². The third-order valence-electron chi connectivity index (χ3n) is 7.12. The molecule has 2 aliphatic heterocycles. The number of aliphatic hydroxyl groups excluding tert-OH is 4. The van der Waals surface area contributed by atoms with Crippen LogP contribution < -0.4 is 0 Å². The van der Waals surface area contributed by atoms with Gasteiger partial charge in [-0.25, -0.2) is 9.59 Å². The molecule has 0 radical (unpaired) electrons. The molecule has 2 saturated heterocycles. The van der Waals surface area contributed by atoms with Crippen LogP contribution in [0.2, 0.25) is 0 Å². The molecule has 0 saturated carbocycles. The molecular weight excluding hydrogens is 476 g/mol. The van der Waals surface area contributed by atoms with E-state index in [2.05, 4.69) is 13.2 Å². The second-order valence-corrected chi connectivity index (χ2v) is 9.61. The number of carbonyl (C=O) groups excluding carboxylic acids is 3. The van der Waals surface area contributed by atoms with Crippen LogP contribution in [0.15, 0.2) is 47.1 Å². The molecule has 4 N–H and O–H groups in total. The van der Waals surface area contributed by atoms with E-state index in [0.29, 0.717) is 16.7 Å². The van der Waals surface area contributed by atoms with Gasteiger partial charge in [-0.2, -0.15) is 0 Å². The number of fused-ring (bicyclic) bond motifs is 3. The minimum Gasteiger partial charge on any atom is -0.458 e. The van der Waals surface area contributed by atoms with E-state index in [-0.39, 0.29) is 30.0 Å². The molecule has 2 heterocycles. The van der Waals surface area contributed by atoms with Gasteiger partial charge in [0.2, 0.25) is 0 Å². The minimum atomic E-state index is -1.62. The lowest BCUT2D eigenvalue weighted by atomic mass is 9.82. The maximum atomic E-state index is 13.0. The predicted octanol–water partition coefficient (Wildman–Crippen LogP) is -0.766. The largest absolute Gasteiger partial charge is 0.458 e. The van der Waals surface area contributed by atoms with E-state index >= 15 is 0 Å². The minimum absolute atomic E-state index is 0.127. The van der Waals surface area contributed by atoms with Gasteiger partial charge in [-0.3, -0.25) is 4.79 Å². The molecule has 0 amide bonds. The van der Waals surface area contributed by atoms with Crippen molar-refractivity contribution in [1.29, 1.82) is 0 Å². The number of aliphatic hydroxyl groups is 4. The van der Waals surface area contributed by atoms with Gasteiger partial charge >= 0.3 is 11.9 Å². The van der Waals surface area contributed by atoms with Crippen molar-refractivity contribution in [1.82, 2.24) is 0 Å². The summed E-state index contributed by atoms with van der Waals surface area (Å²) in [6, 6.07) is 0. The zero-order valence-electron chi connectivity index (χ0n) is 20.0. The van der Waals surface area contributed by atoms with Crippen LogP contribution in [0, 0.1) is 11.8 Å². The first-order valence-corrected chi connectivity index (χ1v) is 11.6. The maximum absolute atomic E-state index is 13.0. The lowest BCUT2D eigenvalue weighted by Crippen LogP contribution is -2.59. The Labute approximate surface area is 207 Å². The van der Waals surface area contributed by atoms with E-state index in [9.17, 15) is 34.8 Å². The molecule has 0 bridgehead atoms. The molecule has 0 unspecified atom stereocenters. The molecule has 36 heavy (non-hydrogen) atoms. The van der Waals surface area contributed by atoms with Gasteiger partial charge in [-0.05, 0) is 25.5 Å². The van der Waals surface area contributed by atoms with Crippen molar-refractivity contribution in [2.45, 2.75) is 63.2 Å². The van der Waals surface area contributed by atoms with Gasteiger partial charge in [0.25, 0.3) is 0 Å². The Balaban J connectivity index is 1.60. The highest BCUT2D eigenvalue weighted by Gasteiger charge is 2.55. The van der Waals surface area contributed by atoms with E-state index in [1.165, 1.54) is 13.0 Å². The number of esters is 2. The number of hydrogen-bond donors (Lipinski definition) is 4. The number of allylic oxidation sites excluding steroid dienone is 1. The van der Waals surface area contributed by atoms with Crippen LogP contribution in [-0.4, -0.2) is 94.3 Å². The number of hydrogen-bond acceptors (Lipinski definition) is 11. The molecule has 4 rings (SSSR count). The highest BCUT2D eigenvalue weighted by atomic mass is 16.7. The molecule has 0 aromatic heterocycles. The van der Waals surface area contributed by atoms with Crippen molar-refractivity contribution in [3.8, 4) is 0 Å². The standard InChI is InChI=1S/C25H30O11/c1-9(2)23(31)34-14-5-10(3)16-13(27)6-12(18(16)22-17(14)11(4)24(32)36-22)8-33-25-21(30)20(29)19(28)15(7-26)35-25/h6,14-15,17-22,25-26,28-30H,1,4-5,7-8H2,2-3H3/t14-,15+,17+,18-,19+,20-,21+,22+,25-/m0/s1. The van der Waals surface area contributed by atoms with E-state index in [1.807, 2.05) is 0 Å². The monoisotopic (exact) mass is 506 g/mol. The summed E-state index contributed by atoms with van der Waals surface area (Å²) in [5.74, 6) is -3.05. The van der Waals surface area contributed by atoms with E-state index in [1.54, 1.807) is 6.92 Å². The molecule has 0 spiro atoms. The normalized spacial score (nSPS) is 38.2. The fraction of sp³-hybridized carbons (Fsp3) is 0.560. The third-order valence-corrected chi connectivity index (χ3v) is 7.12. The zero-order valence-corrected chi connectivity index (χ0v) is 20.0. The van der Waals surface area contributed by atoms with Gasteiger partial charge in [0.1, 0.15) is 36.6 Å². The Hall–Kier alpha value is -2.67. The zero-order chi connectivity index (χ0) is 26.5. The Bertz CT molecular complexity index is 1050. The lowest BCUT2D eigenvalue weighted by Gasteiger charge is -2.39. The molecule has 0 aromatic rings. The van der Waals surface area contributed by atoms with E-state index in [4.69, 9.17) is 18.9 Å². The molecule has 9 atom stereocenters. The Kier molecular flexibility index (Phi) is 7.33. The first-order chi connectivity index (χ1) is 17.0. The number of ketones is 1. The van der Waals surface area contributed by atoms with Crippen molar-refractivity contribution < 1.29 is 53.8 Å². The smallest absolute Gasteiger partial charge is 0.334 e. The fourth-order valence-electron chi connectivity index (χ4n) is 5.25. The van der Waals surface area contributed by atoms with Gasteiger partial charge in [0.05, 0.1) is 19.1 Å². The Morgan fingerprint density at radius 3 is 2.53 bits per heavy atom. The summed E-state index contributed by atoms with van der Waals surface area (Å²) in [6.45, 7) is 9.80. The predicted molar refractivity (Wildman–Crippen MR) is 121 cm³/mol. The van der Waals surface area contributed by atoms with Gasteiger partial charge < -0.3 is 39.4 Å². The number of rotatable bonds is 6. The highest BCUT2D eigenvalue weighted by Crippen LogP contribution is 2.48. The molecule has 2 fully saturated rings. The second-order valence-electron chi connectivity index (χ2n) is 9.61. The summed E-state index contributed by atoms with van der Waals surface area (Å²) in [7, 11) is 0. The fourth-order valence-corrected chi connectivity index (χ4v) is 5.25. The van der Waals surface area contributed by atoms with E-state index in [0.717, 1.165) is 0 Å². The Morgan fingerprint density at radius 2 is 1.89 bits per heavy atom. The quantitative estimate of drug-likeness (QED) is 0.264. The van der Waals surface area contributed by atoms with Gasteiger partial charge in [0.15, 0.2) is 12.1 Å². The van der Waals surface area contributed by atoms with Crippen LogP contribution in [0.4, 0.5) is 0 Å². The second kappa shape index (κ2) is 10.0. The van der Waals surface area contributed by atoms with Crippen LogP contribution in [0.25, 0.3) is 0 Å². The van der Waals surface area contributed by atoms with Gasteiger partial charge in [0, 0.05) is 29.1 Å². The van der Waals surface area contributed by atoms with Crippen LogP contribution in [0.5, 0.6) is 0 Å². The van der Waals surface area contributed by atoms with Crippen LogP contribution in [0.3, 0.4) is 0 Å². The molecule has 4 aliphatic rings. The molecule has 196 valence electrons. The SMILES string of the molecule is C=C(C)C(=O)O[C@H]1CC(C)=C2C(=O)C=C(CO[C@H]3O[C@H](CO)[C@@H](O)[C@H](O)[C@H]3O)[C@@H]2[C@@H]2OC(=O)C(=C)[C@@H]21. The molecular formula is C25H30O11. The summed E-state index contributed by atoms with van der Waals surface area (Å²) >= 11 is 0. The maximum Gasteiger partial charge on any atom is 0.334 e. The summed E-state index contributed by atoms with van der Waals surface area (Å²) in [4.78, 5) is 37.8. The first kappa shape index (κ1) is 26.4. The van der Waals surface area contributed by atoms with Crippen LogP contribution >= 0.6 is 0 Å². The van der Waals surface area contributed by atoms with Crippen molar-refractivity contribution in [2.24, 2.45) is 11.8 Å². The van der Waals surface area contributed by atoms with Crippen LogP contribution in [0.1, 0.15) is 20.3 Å². The summed E-state index contributed by atoms with van der Waals surface area (Å²) in [6.07, 6.45) is -7.50. The average molecular weight is 507 g/mol. The van der Waals surface area contributed by atoms with Crippen LogP contribution in [-0.2, 0) is 33.3 Å². The van der Waals surface area contributed by atoms with Crippen molar-refractivity contribution in [2.75, 3.05) is 13.2 Å².